The van der Waals surface area contributed by atoms with E-state index >= 15 is 0 Å². The van der Waals surface area contributed by atoms with Crippen LogP contribution in [0.15, 0.2) is 42.6 Å². The number of hydrogen-bond donors (Lipinski definition) is 1. The van der Waals surface area contributed by atoms with Crippen LogP contribution >= 0.6 is 11.6 Å². The minimum Gasteiger partial charge on any atom is -0.497 e. The zero-order valence-corrected chi connectivity index (χ0v) is 23.2. The largest absolute Gasteiger partial charge is 0.497 e. The number of methoxy groups -OCH3 is 1. The van der Waals surface area contributed by atoms with Crippen LogP contribution in [-0.2, 0) is 28.9 Å². The SMILES string of the molecule is COc1ccc2c(c1)CCN(C(=O)CN1Cc3ccc(-c4nc(NC5CCOCC5)ncc4Cl)cc3C1=O)CC2. The molecular weight excluding hydrogens is 530 g/mol. The van der Waals surface area contributed by atoms with Crippen LogP contribution in [0.4, 0.5) is 5.95 Å². The van der Waals surface area contributed by atoms with Crippen molar-refractivity contribution in [2.75, 3.05) is 45.3 Å². The maximum atomic E-state index is 13.4. The molecule has 0 aliphatic carbocycles. The Morgan fingerprint density at radius 2 is 1.88 bits per heavy atom. The Morgan fingerprint density at radius 1 is 1.10 bits per heavy atom. The van der Waals surface area contributed by atoms with E-state index in [1.165, 1.54) is 11.1 Å². The van der Waals surface area contributed by atoms with Crippen molar-refractivity contribution in [3.8, 4) is 17.0 Å². The first-order valence-electron chi connectivity index (χ1n) is 13.7. The second-order valence-electron chi connectivity index (χ2n) is 10.5. The van der Waals surface area contributed by atoms with E-state index < -0.39 is 0 Å². The maximum Gasteiger partial charge on any atom is 0.254 e. The van der Waals surface area contributed by atoms with Gasteiger partial charge >= 0.3 is 0 Å². The van der Waals surface area contributed by atoms with Crippen LogP contribution in [0.1, 0.15) is 39.9 Å². The van der Waals surface area contributed by atoms with Crippen molar-refractivity contribution >= 4 is 29.4 Å². The van der Waals surface area contributed by atoms with Gasteiger partial charge in [-0.2, -0.15) is 0 Å². The zero-order valence-electron chi connectivity index (χ0n) is 22.5. The highest BCUT2D eigenvalue weighted by Gasteiger charge is 2.31. The summed E-state index contributed by atoms with van der Waals surface area (Å²) in [5.41, 5.74) is 5.22. The molecule has 0 radical (unpaired) electrons. The van der Waals surface area contributed by atoms with Gasteiger partial charge in [0.15, 0.2) is 0 Å². The highest BCUT2D eigenvalue weighted by Crippen LogP contribution is 2.32. The fourth-order valence-corrected chi connectivity index (χ4v) is 5.84. The van der Waals surface area contributed by atoms with Crippen LogP contribution in [0.5, 0.6) is 5.75 Å². The third-order valence-electron chi connectivity index (χ3n) is 7.96. The number of nitrogens with one attached hydrogen (secondary N) is 1. The van der Waals surface area contributed by atoms with E-state index in [0.717, 1.165) is 42.6 Å². The zero-order chi connectivity index (χ0) is 27.6. The topological polar surface area (TPSA) is 96.9 Å². The molecule has 40 heavy (non-hydrogen) atoms. The predicted octanol–water partition coefficient (Wildman–Crippen LogP) is 3.98. The van der Waals surface area contributed by atoms with Gasteiger partial charge in [-0.25, -0.2) is 9.97 Å². The fourth-order valence-electron chi connectivity index (χ4n) is 5.64. The third kappa shape index (κ3) is 5.48. The number of anilines is 1. The molecule has 208 valence electrons. The number of ether oxygens (including phenoxy) is 2. The van der Waals surface area contributed by atoms with Crippen molar-refractivity contribution in [3.05, 3.63) is 69.9 Å². The van der Waals surface area contributed by atoms with Crippen LogP contribution in [0, 0.1) is 0 Å². The summed E-state index contributed by atoms with van der Waals surface area (Å²) in [4.78, 5) is 39.1. The summed E-state index contributed by atoms with van der Waals surface area (Å²) in [6.07, 6.45) is 4.92. The van der Waals surface area contributed by atoms with E-state index in [1.807, 2.05) is 29.2 Å². The highest BCUT2D eigenvalue weighted by atomic mass is 35.5. The van der Waals surface area contributed by atoms with Crippen molar-refractivity contribution < 1.29 is 19.1 Å². The molecular formula is C30H32ClN5O4. The molecule has 0 bridgehead atoms. The second-order valence-corrected chi connectivity index (χ2v) is 10.9. The summed E-state index contributed by atoms with van der Waals surface area (Å²) in [6.45, 7) is 3.13. The van der Waals surface area contributed by atoms with Crippen LogP contribution < -0.4 is 10.1 Å². The number of halogens is 1. The van der Waals surface area contributed by atoms with E-state index in [4.69, 9.17) is 21.1 Å². The smallest absolute Gasteiger partial charge is 0.254 e. The molecule has 9 nitrogen and oxygen atoms in total. The van der Waals surface area contributed by atoms with Gasteiger partial charge in [0.1, 0.15) is 12.3 Å². The number of benzene rings is 2. The molecule has 3 aliphatic rings. The van der Waals surface area contributed by atoms with Crippen LogP contribution in [0.3, 0.4) is 0 Å². The van der Waals surface area contributed by atoms with Gasteiger partial charge in [-0.3, -0.25) is 9.59 Å². The first kappa shape index (κ1) is 26.5. The Bertz CT molecular complexity index is 1440. The minimum atomic E-state index is -0.154. The lowest BCUT2D eigenvalue weighted by molar-refractivity contribution is -0.131. The lowest BCUT2D eigenvalue weighted by Gasteiger charge is -2.23. The number of amides is 2. The second kappa shape index (κ2) is 11.4. The first-order valence-corrected chi connectivity index (χ1v) is 14.1. The van der Waals surface area contributed by atoms with Crippen LogP contribution in [0.2, 0.25) is 5.02 Å². The average molecular weight is 562 g/mol. The summed E-state index contributed by atoms with van der Waals surface area (Å²) in [7, 11) is 1.66. The summed E-state index contributed by atoms with van der Waals surface area (Å²) in [5, 5.41) is 3.78. The Labute approximate surface area is 238 Å². The van der Waals surface area contributed by atoms with Crippen molar-refractivity contribution in [2.24, 2.45) is 0 Å². The van der Waals surface area contributed by atoms with E-state index in [9.17, 15) is 9.59 Å². The lowest BCUT2D eigenvalue weighted by atomic mass is 10.0. The molecule has 1 aromatic heterocycles. The highest BCUT2D eigenvalue weighted by molar-refractivity contribution is 6.33. The number of nitrogens with zero attached hydrogens (tertiary/aromatic N) is 4. The number of aromatic nitrogens is 2. The van der Waals surface area contributed by atoms with Gasteiger partial charge in [-0.1, -0.05) is 29.8 Å². The van der Waals surface area contributed by atoms with Gasteiger partial charge in [0.05, 0.1) is 24.0 Å². The molecule has 6 rings (SSSR count). The van der Waals surface area contributed by atoms with Crippen molar-refractivity contribution in [3.63, 3.8) is 0 Å². The Kier molecular flexibility index (Phi) is 7.58. The van der Waals surface area contributed by atoms with Crippen molar-refractivity contribution in [1.29, 1.82) is 0 Å². The minimum absolute atomic E-state index is 0.0381. The first-order chi connectivity index (χ1) is 19.5. The standard InChI is InChI=1S/C30H32ClN5O4/c1-39-24-5-4-19-6-10-35(11-7-20(19)14-24)27(37)18-36-17-22-3-2-21(15-25(22)29(36)38)28-26(31)16-32-30(34-28)33-23-8-12-40-13-9-23/h2-5,14-16,23H,6-13,17-18H2,1H3,(H,32,33,34). The number of hydrogen-bond acceptors (Lipinski definition) is 7. The fraction of sp³-hybridized carbons (Fsp3) is 0.400. The quantitative estimate of drug-likeness (QED) is 0.486. The van der Waals surface area contributed by atoms with E-state index in [2.05, 4.69) is 27.4 Å². The van der Waals surface area contributed by atoms with Crippen LogP contribution in [-0.4, -0.2) is 77.6 Å². The number of carbonyl (C=O) groups excluding carboxylic acids is 2. The van der Waals surface area contributed by atoms with Crippen molar-refractivity contribution in [2.45, 2.75) is 38.3 Å². The Morgan fingerprint density at radius 3 is 2.67 bits per heavy atom. The summed E-state index contributed by atoms with van der Waals surface area (Å²) < 4.78 is 10.8. The molecule has 2 aromatic carbocycles. The van der Waals surface area contributed by atoms with Gasteiger partial charge in [0.2, 0.25) is 11.9 Å². The Balaban J connectivity index is 1.13. The number of rotatable bonds is 6. The van der Waals surface area contributed by atoms with Gasteiger partial charge in [-0.05, 0) is 60.6 Å². The molecule has 0 unspecified atom stereocenters. The van der Waals surface area contributed by atoms with Gasteiger partial charge < -0.3 is 24.6 Å². The molecule has 0 atom stereocenters. The maximum absolute atomic E-state index is 13.4. The molecule has 2 amide bonds. The lowest BCUT2D eigenvalue weighted by Crippen LogP contribution is -2.41. The summed E-state index contributed by atoms with van der Waals surface area (Å²) >= 11 is 6.48. The van der Waals surface area contributed by atoms with Crippen molar-refractivity contribution in [1.82, 2.24) is 19.8 Å². The molecule has 4 heterocycles. The molecule has 0 spiro atoms. The molecule has 0 saturated carbocycles. The molecule has 1 fully saturated rings. The number of carbonyl (C=O) groups is 2. The Hall–Kier alpha value is -3.69. The van der Waals surface area contributed by atoms with Gasteiger partial charge in [0.25, 0.3) is 5.91 Å². The van der Waals surface area contributed by atoms with E-state index in [1.54, 1.807) is 18.2 Å². The van der Waals surface area contributed by atoms with Crippen LogP contribution in [0.25, 0.3) is 11.3 Å². The molecule has 10 heteroatoms. The summed E-state index contributed by atoms with van der Waals surface area (Å²) in [6, 6.07) is 12.0. The van der Waals surface area contributed by atoms with Gasteiger partial charge in [0, 0.05) is 50.0 Å². The normalized spacial score (nSPS) is 17.3. The summed E-state index contributed by atoms with van der Waals surface area (Å²) in [5.74, 6) is 1.14. The molecule has 1 N–H and O–H groups in total. The molecule has 1 saturated heterocycles. The monoisotopic (exact) mass is 561 g/mol. The average Bonchev–Trinajstić information content (AvgIpc) is 3.14. The van der Waals surface area contributed by atoms with Gasteiger partial charge in [-0.15, -0.1) is 0 Å². The molecule has 3 aromatic rings. The molecule has 3 aliphatic heterocycles. The number of fused-ring (bicyclic) bond motifs is 2. The van der Waals surface area contributed by atoms with E-state index in [-0.39, 0.29) is 24.4 Å². The third-order valence-corrected chi connectivity index (χ3v) is 8.23. The van der Waals surface area contributed by atoms with E-state index in [0.29, 0.717) is 55.1 Å². The predicted molar refractivity (Wildman–Crippen MR) is 152 cm³/mol.